The number of piperidine rings is 2. The molecule has 0 aromatic heterocycles. The number of nitrogens with zero attached hydrogens (tertiary/aromatic N) is 2. The summed E-state index contributed by atoms with van der Waals surface area (Å²) in [5.74, 6) is -0.625. The molecule has 0 bridgehead atoms. The second kappa shape index (κ2) is 11.8. The van der Waals surface area contributed by atoms with Crippen LogP contribution in [0.1, 0.15) is 51.4 Å². The topological polar surface area (TPSA) is 139 Å². The van der Waals surface area contributed by atoms with Gasteiger partial charge in [0.15, 0.2) is 0 Å². The zero-order valence-electron chi connectivity index (χ0n) is 19.4. The Balaban J connectivity index is 1.33. The van der Waals surface area contributed by atoms with Gasteiger partial charge in [-0.3, -0.25) is 14.4 Å². The van der Waals surface area contributed by atoms with Gasteiger partial charge in [0.05, 0.1) is 4.90 Å². The van der Waals surface area contributed by atoms with Gasteiger partial charge in [-0.05, 0) is 54.5 Å². The van der Waals surface area contributed by atoms with Crippen molar-refractivity contribution in [3.8, 4) is 0 Å². The van der Waals surface area contributed by atoms with E-state index in [1.165, 1.54) is 12.1 Å². The number of amides is 2. The summed E-state index contributed by atoms with van der Waals surface area (Å²) in [6.45, 7) is 3.23. The smallest absolute Gasteiger partial charge is 0.326 e. The van der Waals surface area contributed by atoms with Gasteiger partial charge in [0, 0.05) is 52.0 Å². The molecule has 10 nitrogen and oxygen atoms in total. The molecule has 2 amide bonds. The van der Waals surface area contributed by atoms with Crippen molar-refractivity contribution in [1.82, 2.24) is 14.7 Å². The molecule has 0 saturated carbocycles. The summed E-state index contributed by atoms with van der Waals surface area (Å²) >= 11 is 0. The average Bonchev–Trinajstić information content (AvgIpc) is 2.84. The van der Waals surface area contributed by atoms with E-state index < -0.39 is 16.0 Å². The molecule has 1 aromatic rings. The Morgan fingerprint density at radius 3 is 1.94 bits per heavy atom. The van der Waals surface area contributed by atoms with Crippen molar-refractivity contribution in [1.29, 1.82) is 0 Å². The van der Waals surface area contributed by atoms with E-state index in [0.29, 0.717) is 26.1 Å². The lowest BCUT2D eigenvalue weighted by atomic mass is 9.71. The van der Waals surface area contributed by atoms with Crippen LogP contribution in [0.5, 0.6) is 0 Å². The van der Waals surface area contributed by atoms with E-state index in [-0.39, 0.29) is 41.4 Å². The molecule has 2 fully saturated rings. The third kappa shape index (κ3) is 7.00. The Morgan fingerprint density at radius 2 is 1.41 bits per heavy atom. The third-order valence-electron chi connectivity index (χ3n) is 6.80. The Morgan fingerprint density at radius 1 is 0.882 bits per heavy atom. The third-order valence-corrected chi connectivity index (χ3v) is 8.00. The molecule has 11 heteroatoms. The van der Waals surface area contributed by atoms with E-state index in [0.717, 1.165) is 38.8 Å². The van der Waals surface area contributed by atoms with Gasteiger partial charge in [0.1, 0.15) is 0 Å². The highest BCUT2D eigenvalue weighted by Crippen LogP contribution is 2.41. The Hall–Kier alpha value is -2.50. The minimum absolute atomic E-state index is 0.00585. The highest BCUT2D eigenvalue weighted by atomic mass is 32.2. The molecular formula is C23H34N4O6S. The molecule has 188 valence electrons. The number of carbonyl (C=O) groups is 3. The standard InChI is InChI=1S/C23H34N4O6S/c24-14-9-21(29)27-17-12-23(13-18-27)10-15-26(16-11-23)20(28)7-4-8-22(30)33-25-34(31,32)19-5-2-1-3-6-19/h1-3,5-6,25H,4,7-18,24H2. The summed E-state index contributed by atoms with van der Waals surface area (Å²) in [6, 6.07) is 7.60. The molecule has 34 heavy (non-hydrogen) atoms. The summed E-state index contributed by atoms with van der Waals surface area (Å²) in [4.78, 5) is 46.7. The number of nitrogens with one attached hydrogen (secondary N) is 1. The van der Waals surface area contributed by atoms with Gasteiger partial charge in [0.25, 0.3) is 10.0 Å². The molecule has 2 aliphatic rings. The van der Waals surface area contributed by atoms with E-state index in [1.807, 2.05) is 14.7 Å². The van der Waals surface area contributed by atoms with Crippen LogP contribution in [0.2, 0.25) is 0 Å². The van der Waals surface area contributed by atoms with E-state index in [4.69, 9.17) is 5.73 Å². The number of hydrogen-bond donors (Lipinski definition) is 2. The van der Waals surface area contributed by atoms with Crippen molar-refractivity contribution >= 4 is 27.8 Å². The number of rotatable bonds is 9. The zero-order chi connectivity index (χ0) is 24.6. The van der Waals surface area contributed by atoms with Gasteiger partial charge in [-0.1, -0.05) is 18.2 Å². The Kier molecular flexibility index (Phi) is 9.03. The van der Waals surface area contributed by atoms with Crippen molar-refractivity contribution in [2.24, 2.45) is 11.1 Å². The molecule has 0 aliphatic carbocycles. The first-order valence-corrected chi connectivity index (χ1v) is 13.3. The molecular weight excluding hydrogens is 460 g/mol. The van der Waals surface area contributed by atoms with Crippen molar-refractivity contribution in [2.45, 2.75) is 56.3 Å². The number of likely N-dealkylation sites (tertiary alicyclic amines) is 2. The van der Waals surface area contributed by atoms with E-state index in [9.17, 15) is 22.8 Å². The summed E-state index contributed by atoms with van der Waals surface area (Å²) < 4.78 is 24.1. The minimum atomic E-state index is -3.93. The number of nitrogens with two attached hydrogens (primary N) is 1. The highest BCUT2D eigenvalue weighted by molar-refractivity contribution is 7.89. The molecule has 0 radical (unpaired) electrons. The molecule has 0 atom stereocenters. The Labute approximate surface area is 200 Å². The predicted octanol–water partition coefficient (Wildman–Crippen LogP) is 1.17. The largest absolute Gasteiger partial charge is 0.356 e. The van der Waals surface area contributed by atoms with Crippen LogP contribution in [0, 0.1) is 5.41 Å². The second-order valence-electron chi connectivity index (χ2n) is 9.03. The van der Waals surface area contributed by atoms with Crippen LogP contribution in [0.15, 0.2) is 35.2 Å². The average molecular weight is 495 g/mol. The maximum Gasteiger partial charge on any atom is 0.326 e. The van der Waals surface area contributed by atoms with Crippen LogP contribution in [0.25, 0.3) is 0 Å². The van der Waals surface area contributed by atoms with Crippen LogP contribution >= 0.6 is 0 Å². The second-order valence-corrected chi connectivity index (χ2v) is 10.7. The van der Waals surface area contributed by atoms with Crippen LogP contribution in [-0.2, 0) is 29.2 Å². The maximum atomic E-state index is 12.6. The Bertz CT molecular complexity index is 951. The van der Waals surface area contributed by atoms with Gasteiger partial charge >= 0.3 is 5.97 Å². The van der Waals surface area contributed by atoms with Gasteiger partial charge < -0.3 is 20.4 Å². The monoisotopic (exact) mass is 494 g/mol. The first kappa shape index (κ1) is 26.1. The van der Waals surface area contributed by atoms with E-state index in [2.05, 4.69) is 4.84 Å². The minimum Gasteiger partial charge on any atom is -0.356 e. The fraction of sp³-hybridized carbons (Fsp3) is 0.609. The maximum absolute atomic E-state index is 12.6. The molecule has 1 aromatic carbocycles. The normalized spacial score (nSPS) is 18.0. The van der Waals surface area contributed by atoms with Crippen LogP contribution in [0.3, 0.4) is 0 Å². The molecule has 3 rings (SSSR count). The molecule has 0 unspecified atom stereocenters. The van der Waals surface area contributed by atoms with Crippen LogP contribution in [0.4, 0.5) is 0 Å². The van der Waals surface area contributed by atoms with Gasteiger partial charge in [-0.25, -0.2) is 8.42 Å². The molecule has 2 aliphatic heterocycles. The number of hydrogen-bond acceptors (Lipinski definition) is 7. The van der Waals surface area contributed by atoms with Gasteiger partial charge in [0.2, 0.25) is 11.8 Å². The van der Waals surface area contributed by atoms with Gasteiger partial charge in [-0.15, -0.1) is 0 Å². The van der Waals surface area contributed by atoms with E-state index in [1.54, 1.807) is 18.2 Å². The van der Waals surface area contributed by atoms with Crippen molar-refractivity contribution in [3.63, 3.8) is 0 Å². The summed E-state index contributed by atoms with van der Waals surface area (Å²) in [7, 11) is -3.93. The summed E-state index contributed by atoms with van der Waals surface area (Å²) in [6.07, 6.45) is 4.56. The fourth-order valence-electron chi connectivity index (χ4n) is 4.58. The highest BCUT2D eigenvalue weighted by Gasteiger charge is 2.39. The number of benzene rings is 1. The number of sulfonamides is 1. The van der Waals surface area contributed by atoms with Gasteiger partial charge in [-0.2, -0.15) is 0 Å². The van der Waals surface area contributed by atoms with Crippen molar-refractivity contribution in [2.75, 3.05) is 32.7 Å². The molecule has 1 spiro atoms. The van der Waals surface area contributed by atoms with E-state index >= 15 is 0 Å². The quantitative estimate of drug-likeness (QED) is 0.491. The van der Waals surface area contributed by atoms with Crippen molar-refractivity contribution in [3.05, 3.63) is 30.3 Å². The molecule has 2 heterocycles. The molecule has 2 saturated heterocycles. The number of carbonyl (C=O) groups excluding carboxylic acids is 3. The predicted molar refractivity (Wildman–Crippen MR) is 124 cm³/mol. The first-order chi connectivity index (χ1) is 16.2. The SMILES string of the molecule is NCCC(=O)N1CCC2(CC1)CCN(C(=O)CCCC(=O)ONS(=O)(=O)c1ccccc1)CC2. The lowest BCUT2D eigenvalue weighted by molar-refractivity contribution is -0.147. The fourth-order valence-corrected chi connectivity index (χ4v) is 5.40. The van der Waals surface area contributed by atoms with Crippen LogP contribution in [-0.4, -0.2) is 68.7 Å². The summed E-state index contributed by atoms with van der Waals surface area (Å²) in [5.41, 5.74) is 5.67. The van der Waals surface area contributed by atoms with Crippen LogP contribution < -0.4 is 10.6 Å². The first-order valence-electron chi connectivity index (χ1n) is 11.8. The zero-order valence-corrected chi connectivity index (χ0v) is 20.2. The lowest BCUT2D eigenvalue weighted by Crippen LogP contribution is -2.49. The lowest BCUT2D eigenvalue weighted by Gasteiger charge is -2.47. The molecule has 3 N–H and O–H groups in total. The summed E-state index contributed by atoms with van der Waals surface area (Å²) in [5, 5.41) is 0. The van der Waals surface area contributed by atoms with Crippen molar-refractivity contribution < 1.29 is 27.6 Å².